The van der Waals surface area contributed by atoms with Crippen molar-refractivity contribution >= 4 is 33.6 Å². The summed E-state index contributed by atoms with van der Waals surface area (Å²) in [7, 11) is 0. The Kier molecular flexibility index (Phi) is 4.39. The number of ether oxygens (including phenoxy) is 1. The minimum absolute atomic E-state index is 0.204. The quantitative estimate of drug-likeness (QED) is 0.821. The average Bonchev–Trinajstić information content (AvgIpc) is 2.17. The number of aromatic nitrogens is 2. The molecule has 0 spiro atoms. The van der Waals surface area contributed by atoms with Crippen LogP contribution in [0.3, 0.4) is 0 Å². The van der Waals surface area contributed by atoms with Gasteiger partial charge in [-0.25, -0.2) is 14.8 Å². The molecule has 1 amide bonds. The van der Waals surface area contributed by atoms with Gasteiger partial charge in [-0.15, -0.1) is 0 Å². The molecular weight excluding hydrogens is 300 g/mol. The molecule has 6 nitrogen and oxygen atoms in total. The first-order valence-electron chi connectivity index (χ1n) is 5.27. The van der Waals surface area contributed by atoms with Gasteiger partial charge in [-0.2, -0.15) is 0 Å². The number of nitrogens with one attached hydrogen (secondary N) is 2. The van der Waals surface area contributed by atoms with Gasteiger partial charge in [0.15, 0.2) is 5.82 Å². The molecule has 0 aliphatic carbocycles. The molecule has 0 aliphatic rings. The highest BCUT2D eigenvalue weighted by Gasteiger charge is 2.18. The van der Waals surface area contributed by atoms with Crippen LogP contribution in [0.5, 0.6) is 0 Å². The molecule has 0 saturated carbocycles. The van der Waals surface area contributed by atoms with Crippen LogP contribution < -0.4 is 5.32 Å². The zero-order valence-corrected chi connectivity index (χ0v) is 12.3. The van der Waals surface area contributed by atoms with Crippen molar-refractivity contribution in [1.29, 1.82) is 5.41 Å². The third-order valence-corrected chi connectivity index (χ3v) is 2.10. The fraction of sp³-hybridized carbons (Fsp3) is 0.455. The van der Waals surface area contributed by atoms with E-state index in [4.69, 9.17) is 10.1 Å². The Labute approximate surface area is 114 Å². The summed E-state index contributed by atoms with van der Waals surface area (Å²) in [6.45, 7) is 6.87. The van der Waals surface area contributed by atoms with E-state index in [-0.39, 0.29) is 11.5 Å². The Morgan fingerprint density at radius 1 is 1.50 bits per heavy atom. The molecule has 7 heteroatoms. The number of nitrogens with zero attached hydrogens (tertiary/aromatic N) is 2. The summed E-state index contributed by atoms with van der Waals surface area (Å²) < 4.78 is 5.61. The van der Waals surface area contributed by atoms with Gasteiger partial charge in [0.2, 0.25) is 0 Å². The minimum Gasteiger partial charge on any atom is -0.444 e. The predicted molar refractivity (Wildman–Crippen MR) is 72.1 cm³/mol. The summed E-state index contributed by atoms with van der Waals surface area (Å²) in [6, 6.07) is 0. The van der Waals surface area contributed by atoms with E-state index >= 15 is 0 Å². The lowest BCUT2D eigenvalue weighted by Gasteiger charge is -2.19. The second-order valence-corrected chi connectivity index (χ2v) is 5.45. The fourth-order valence-corrected chi connectivity index (χ4v) is 1.40. The fourth-order valence-electron chi connectivity index (χ4n) is 1.12. The molecule has 0 unspecified atom stereocenters. The molecule has 98 valence electrons. The largest absolute Gasteiger partial charge is 0.444 e. The number of rotatable bonds is 2. The van der Waals surface area contributed by atoms with Crippen molar-refractivity contribution in [2.75, 3.05) is 5.32 Å². The first-order chi connectivity index (χ1) is 8.19. The SMILES string of the molecule is CC(=N)c1nc(Br)cnc1NC(=O)OC(C)(C)C. The smallest absolute Gasteiger partial charge is 0.413 e. The van der Waals surface area contributed by atoms with Crippen LogP contribution in [-0.2, 0) is 4.74 Å². The van der Waals surface area contributed by atoms with Gasteiger partial charge < -0.3 is 10.1 Å². The van der Waals surface area contributed by atoms with Crippen molar-refractivity contribution in [2.24, 2.45) is 0 Å². The Hall–Kier alpha value is -1.50. The molecule has 1 rings (SSSR count). The van der Waals surface area contributed by atoms with Crippen molar-refractivity contribution in [3.63, 3.8) is 0 Å². The summed E-state index contributed by atoms with van der Waals surface area (Å²) in [5.74, 6) is 0.208. The van der Waals surface area contributed by atoms with Crippen LogP contribution in [0.4, 0.5) is 10.6 Å². The van der Waals surface area contributed by atoms with E-state index in [1.165, 1.54) is 6.20 Å². The summed E-state index contributed by atoms with van der Waals surface area (Å²) in [4.78, 5) is 19.7. The number of carbonyl (C=O) groups excluding carboxylic acids is 1. The van der Waals surface area contributed by atoms with Crippen LogP contribution >= 0.6 is 15.9 Å². The van der Waals surface area contributed by atoms with Crippen LogP contribution in [0.2, 0.25) is 0 Å². The second kappa shape index (κ2) is 5.43. The third kappa shape index (κ3) is 4.40. The molecule has 1 heterocycles. The van der Waals surface area contributed by atoms with E-state index in [1.54, 1.807) is 27.7 Å². The van der Waals surface area contributed by atoms with Gasteiger partial charge in [-0.05, 0) is 43.6 Å². The van der Waals surface area contributed by atoms with Gasteiger partial charge in [0.25, 0.3) is 0 Å². The molecule has 18 heavy (non-hydrogen) atoms. The molecule has 0 radical (unpaired) electrons. The maximum atomic E-state index is 11.6. The van der Waals surface area contributed by atoms with Crippen molar-refractivity contribution in [1.82, 2.24) is 9.97 Å². The monoisotopic (exact) mass is 314 g/mol. The predicted octanol–water partition coefficient (Wildman–Crippen LogP) is 2.97. The van der Waals surface area contributed by atoms with Crippen molar-refractivity contribution in [2.45, 2.75) is 33.3 Å². The topological polar surface area (TPSA) is 88.0 Å². The van der Waals surface area contributed by atoms with Gasteiger partial charge >= 0.3 is 6.09 Å². The van der Waals surface area contributed by atoms with Crippen LogP contribution in [0.15, 0.2) is 10.8 Å². The summed E-state index contributed by atoms with van der Waals surface area (Å²) in [6.07, 6.45) is 0.820. The summed E-state index contributed by atoms with van der Waals surface area (Å²) in [5.41, 5.74) is -0.0858. The lowest BCUT2D eigenvalue weighted by atomic mass is 10.2. The Balaban J connectivity index is 2.91. The standard InChI is InChI=1S/C11H15BrN4O2/c1-6(13)8-9(14-5-7(12)15-8)16-10(17)18-11(2,3)4/h5,13H,1-4H3,(H,14,16,17). The van der Waals surface area contributed by atoms with Crippen molar-refractivity contribution in [3.8, 4) is 0 Å². The van der Waals surface area contributed by atoms with Crippen LogP contribution in [0.1, 0.15) is 33.4 Å². The average molecular weight is 315 g/mol. The van der Waals surface area contributed by atoms with E-state index in [0.717, 1.165) is 0 Å². The Morgan fingerprint density at radius 3 is 2.61 bits per heavy atom. The zero-order chi connectivity index (χ0) is 13.9. The molecule has 1 aromatic heterocycles. The number of amides is 1. The number of carbonyl (C=O) groups is 1. The molecule has 1 aromatic rings. The highest BCUT2D eigenvalue weighted by Crippen LogP contribution is 2.16. The van der Waals surface area contributed by atoms with E-state index in [2.05, 4.69) is 31.2 Å². The Morgan fingerprint density at radius 2 is 2.11 bits per heavy atom. The highest BCUT2D eigenvalue weighted by atomic mass is 79.9. The Bertz CT molecular complexity index is 482. The van der Waals surface area contributed by atoms with Crippen LogP contribution in [-0.4, -0.2) is 27.4 Å². The number of anilines is 1. The molecule has 0 bridgehead atoms. The zero-order valence-electron chi connectivity index (χ0n) is 10.7. The van der Waals surface area contributed by atoms with Crippen molar-refractivity contribution < 1.29 is 9.53 Å². The summed E-state index contributed by atoms with van der Waals surface area (Å²) in [5, 5.41) is 10.1. The number of hydrogen-bond donors (Lipinski definition) is 2. The maximum absolute atomic E-state index is 11.6. The van der Waals surface area contributed by atoms with Crippen LogP contribution in [0.25, 0.3) is 0 Å². The lowest BCUT2D eigenvalue weighted by molar-refractivity contribution is 0.0635. The molecule has 0 saturated heterocycles. The summed E-state index contributed by atoms with van der Waals surface area (Å²) >= 11 is 3.17. The van der Waals surface area contributed by atoms with Crippen molar-refractivity contribution in [3.05, 3.63) is 16.5 Å². The van der Waals surface area contributed by atoms with Gasteiger partial charge in [-0.3, -0.25) is 5.32 Å². The highest BCUT2D eigenvalue weighted by molar-refractivity contribution is 9.10. The first-order valence-corrected chi connectivity index (χ1v) is 6.06. The maximum Gasteiger partial charge on any atom is 0.413 e. The van der Waals surface area contributed by atoms with E-state index in [1.807, 2.05) is 0 Å². The molecule has 0 atom stereocenters. The van der Waals surface area contributed by atoms with Gasteiger partial charge in [0.1, 0.15) is 15.9 Å². The van der Waals surface area contributed by atoms with E-state index in [0.29, 0.717) is 10.3 Å². The minimum atomic E-state index is -0.623. The van der Waals surface area contributed by atoms with Gasteiger partial charge in [0, 0.05) is 0 Å². The normalized spacial score (nSPS) is 10.9. The number of hydrogen-bond acceptors (Lipinski definition) is 5. The molecule has 2 N–H and O–H groups in total. The second-order valence-electron chi connectivity index (χ2n) is 4.64. The number of halogens is 1. The van der Waals surface area contributed by atoms with Crippen LogP contribution in [0, 0.1) is 5.41 Å². The molecular formula is C11H15BrN4O2. The third-order valence-electron chi connectivity index (χ3n) is 1.72. The molecule has 0 fully saturated rings. The van der Waals surface area contributed by atoms with E-state index in [9.17, 15) is 4.79 Å². The molecule has 0 aromatic carbocycles. The first kappa shape index (κ1) is 14.6. The molecule has 0 aliphatic heterocycles. The van der Waals surface area contributed by atoms with Gasteiger partial charge in [0.05, 0.1) is 11.9 Å². The van der Waals surface area contributed by atoms with Gasteiger partial charge in [-0.1, -0.05) is 0 Å². The van der Waals surface area contributed by atoms with E-state index < -0.39 is 11.7 Å². The lowest BCUT2D eigenvalue weighted by Crippen LogP contribution is -2.28.